The third-order valence-electron chi connectivity index (χ3n) is 6.35. The number of piperazine rings is 1. The van der Waals surface area contributed by atoms with E-state index in [1.165, 1.54) is 17.7 Å². The van der Waals surface area contributed by atoms with Crippen LogP contribution in [0.15, 0.2) is 59.6 Å². The Labute approximate surface area is 210 Å². The van der Waals surface area contributed by atoms with Gasteiger partial charge < -0.3 is 10.3 Å². The van der Waals surface area contributed by atoms with Gasteiger partial charge in [0.1, 0.15) is 11.9 Å². The Morgan fingerprint density at radius 1 is 1.14 bits per heavy atom. The van der Waals surface area contributed by atoms with Gasteiger partial charge >= 0.3 is 0 Å². The summed E-state index contributed by atoms with van der Waals surface area (Å²) in [5.74, 6) is 1.90. The molecule has 1 amide bonds. The van der Waals surface area contributed by atoms with Crippen LogP contribution in [-0.4, -0.2) is 63.2 Å². The summed E-state index contributed by atoms with van der Waals surface area (Å²) >= 11 is 1.97. The zero-order chi connectivity index (χ0) is 24.0. The first kappa shape index (κ1) is 23.8. The number of hydrogen-bond acceptors (Lipinski definition) is 6. The van der Waals surface area contributed by atoms with Crippen molar-refractivity contribution < 1.29 is 4.79 Å². The van der Waals surface area contributed by atoms with Gasteiger partial charge in [0.25, 0.3) is 5.91 Å². The van der Waals surface area contributed by atoms with Gasteiger partial charge in [-0.3, -0.25) is 14.7 Å². The molecule has 1 atom stereocenters. The summed E-state index contributed by atoms with van der Waals surface area (Å²) in [7, 11) is 0. The van der Waals surface area contributed by atoms with Crippen LogP contribution in [-0.2, 0) is 6.54 Å². The fourth-order valence-electron chi connectivity index (χ4n) is 4.39. The second-order valence-electron chi connectivity index (χ2n) is 9.02. The summed E-state index contributed by atoms with van der Waals surface area (Å²) in [6.45, 7) is 7.60. The minimum Gasteiger partial charge on any atom is -0.340 e. The monoisotopic (exact) mass is 488 g/mol. The van der Waals surface area contributed by atoms with E-state index in [0.717, 1.165) is 61.7 Å². The van der Waals surface area contributed by atoms with Crippen molar-refractivity contribution in [3.8, 4) is 0 Å². The number of carbonyl (C=O) groups is 1. The number of rotatable bonds is 8. The van der Waals surface area contributed by atoms with E-state index in [-0.39, 0.29) is 11.9 Å². The van der Waals surface area contributed by atoms with Crippen molar-refractivity contribution in [2.75, 3.05) is 37.2 Å². The lowest BCUT2D eigenvalue weighted by Gasteiger charge is -2.33. The molecule has 8 heteroatoms. The number of dihydropyridines is 1. The lowest BCUT2D eigenvalue weighted by molar-refractivity contribution is 0.102. The topological polar surface area (TPSA) is 76.6 Å². The van der Waals surface area contributed by atoms with Crippen molar-refractivity contribution in [2.45, 2.75) is 32.4 Å². The fraction of sp³-hybridized carbons (Fsp3) is 0.370. The van der Waals surface area contributed by atoms with Gasteiger partial charge in [-0.25, -0.2) is 9.29 Å². The van der Waals surface area contributed by atoms with Crippen LogP contribution in [0.1, 0.15) is 47.6 Å². The molecule has 0 radical (unpaired) electrons. The van der Waals surface area contributed by atoms with E-state index < -0.39 is 0 Å². The first-order chi connectivity index (χ1) is 17.2. The maximum atomic E-state index is 12.9. The standard InChI is InChI=1S/C27H32N6OS/c1-2-17-35-33-15-13-32(14-16-33)19-20-6-9-22(10-7-20)29-27(34)21-8-11-23-25(18-21)31-26(30-23)24-5-3-4-12-28-24/h3-4,6-12,18,24H,2,5,13-17,19H2,1H3,(H,29,34)(H,30,31). The first-order valence-electron chi connectivity index (χ1n) is 12.4. The minimum absolute atomic E-state index is 0.00649. The summed E-state index contributed by atoms with van der Waals surface area (Å²) in [4.78, 5) is 27.8. The van der Waals surface area contributed by atoms with Gasteiger partial charge in [-0.1, -0.05) is 37.1 Å². The van der Waals surface area contributed by atoms with Crippen molar-refractivity contribution in [3.63, 3.8) is 0 Å². The van der Waals surface area contributed by atoms with E-state index in [0.29, 0.717) is 5.56 Å². The normalized spacial score (nSPS) is 18.8. The molecule has 1 aromatic heterocycles. The maximum Gasteiger partial charge on any atom is 0.255 e. The largest absolute Gasteiger partial charge is 0.340 e. The van der Waals surface area contributed by atoms with Crippen molar-refractivity contribution in [1.29, 1.82) is 0 Å². The third kappa shape index (κ3) is 6.01. The molecule has 0 aliphatic carbocycles. The van der Waals surface area contributed by atoms with Crippen LogP contribution in [0.3, 0.4) is 0 Å². The lowest BCUT2D eigenvalue weighted by atomic mass is 10.1. The van der Waals surface area contributed by atoms with E-state index in [1.54, 1.807) is 6.21 Å². The molecule has 2 aromatic carbocycles. The highest BCUT2D eigenvalue weighted by Crippen LogP contribution is 2.24. The summed E-state index contributed by atoms with van der Waals surface area (Å²) in [5.41, 5.74) is 4.36. The Bertz CT molecular complexity index is 1210. The SMILES string of the molecule is CCCSN1CCN(Cc2ccc(NC(=O)c3ccc4nc(C5CC=CC=N5)[nH]c4c3)cc2)CC1. The number of benzene rings is 2. The number of aliphatic imine (C=N–C) groups is 1. The molecule has 0 spiro atoms. The highest BCUT2D eigenvalue weighted by Gasteiger charge is 2.18. The summed E-state index contributed by atoms with van der Waals surface area (Å²) in [5, 5.41) is 3.02. The predicted molar refractivity (Wildman–Crippen MR) is 145 cm³/mol. The molecule has 2 aliphatic heterocycles. The number of allylic oxidation sites excluding steroid dienone is 1. The van der Waals surface area contributed by atoms with Gasteiger partial charge in [0.05, 0.1) is 11.0 Å². The van der Waals surface area contributed by atoms with Crippen LogP contribution >= 0.6 is 11.9 Å². The third-order valence-corrected chi connectivity index (χ3v) is 7.67. The number of anilines is 1. The van der Waals surface area contributed by atoms with Gasteiger partial charge in [-0.05, 0) is 54.8 Å². The zero-order valence-corrected chi connectivity index (χ0v) is 20.9. The second kappa shape index (κ2) is 11.2. The zero-order valence-electron chi connectivity index (χ0n) is 20.1. The molecule has 7 nitrogen and oxygen atoms in total. The molecular formula is C27H32N6OS. The second-order valence-corrected chi connectivity index (χ2v) is 10.2. The van der Waals surface area contributed by atoms with E-state index in [4.69, 9.17) is 0 Å². The molecule has 182 valence electrons. The van der Waals surface area contributed by atoms with Gasteiger partial charge in [0, 0.05) is 55.9 Å². The van der Waals surface area contributed by atoms with Gasteiger partial charge in [-0.2, -0.15) is 0 Å². The van der Waals surface area contributed by atoms with Crippen molar-refractivity contribution in [2.24, 2.45) is 4.99 Å². The average Bonchev–Trinajstić information content (AvgIpc) is 3.33. The van der Waals surface area contributed by atoms with Gasteiger partial charge in [0.2, 0.25) is 0 Å². The number of carbonyl (C=O) groups excluding carboxylic acids is 1. The Hall–Kier alpha value is -2.94. The minimum atomic E-state index is -0.130. The molecule has 2 aliphatic rings. The molecule has 1 unspecified atom stereocenters. The summed E-state index contributed by atoms with van der Waals surface area (Å²) in [6, 6.07) is 13.8. The molecule has 2 N–H and O–H groups in total. The van der Waals surface area contributed by atoms with E-state index in [2.05, 4.69) is 54.6 Å². The number of imidazole rings is 1. The number of H-pyrrole nitrogens is 1. The highest BCUT2D eigenvalue weighted by molar-refractivity contribution is 7.97. The molecule has 3 heterocycles. The van der Waals surface area contributed by atoms with Crippen LogP contribution in [0, 0.1) is 0 Å². The number of amides is 1. The van der Waals surface area contributed by atoms with Gasteiger partial charge in [-0.15, -0.1) is 0 Å². The average molecular weight is 489 g/mol. The molecule has 5 rings (SSSR count). The number of nitrogens with one attached hydrogen (secondary N) is 2. The first-order valence-corrected chi connectivity index (χ1v) is 13.3. The Balaban J connectivity index is 1.16. The smallest absolute Gasteiger partial charge is 0.255 e. The summed E-state index contributed by atoms with van der Waals surface area (Å²) < 4.78 is 2.49. The molecule has 1 fully saturated rings. The molecule has 0 saturated carbocycles. The Kier molecular flexibility index (Phi) is 7.61. The van der Waals surface area contributed by atoms with Crippen LogP contribution in [0.25, 0.3) is 11.0 Å². The van der Waals surface area contributed by atoms with Crippen molar-refractivity contribution in [3.05, 3.63) is 71.6 Å². The molecule has 0 bridgehead atoms. The fourth-order valence-corrected chi connectivity index (χ4v) is 5.25. The van der Waals surface area contributed by atoms with E-state index >= 15 is 0 Å². The number of aromatic nitrogens is 2. The number of nitrogens with zero attached hydrogens (tertiary/aromatic N) is 4. The van der Waals surface area contributed by atoms with E-state index in [9.17, 15) is 4.79 Å². The highest BCUT2D eigenvalue weighted by atomic mass is 32.2. The van der Waals surface area contributed by atoms with Gasteiger partial charge in [0.15, 0.2) is 0 Å². The van der Waals surface area contributed by atoms with Crippen LogP contribution < -0.4 is 5.32 Å². The van der Waals surface area contributed by atoms with Crippen molar-refractivity contribution >= 4 is 40.8 Å². The van der Waals surface area contributed by atoms with Crippen molar-refractivity contribution in [1.82, 2.24) is 19.2 Å². The van der Waals surface area contributed by atoms with Crippen LogP contribution in [0.4, 0.5) is 5.69 Å². The maximum absolute atomic E-state index is 12.9. The molecule has 35 heavy (non-hydrogen) atoms. The molecule has 3 aromatic rings. The van der Waals surface area contributed by atoms with E-state index in [1.807, 2.05) is 48.4 Å². The Morgan fingerprint density at radius 2 is 1.97 bits per heavy atom. The molecular weight excluding hydrogens is 456 g/mol. The number of fused-ring (bicyclic) bond motifs is 1. The Morgan fingerprint density at radius 3 is 2.71 bits per heavy atom. The van der Waals surface area contributed by atoms with Crippen LogP contribution in [0.5, 0.6) is 0 Å². The number of aromatic amines is 1. The summed E-state index contributed by atoms with van der Waals surface area (Å²) in [6.07, 6.45) is 7.89. The quantitative estimate of drug-likeness (QED) is 0.433. The lowest BCUT2D eigenvalue weighted by Crippen LogP contribution is -2.43. The predicted octanol–water partition coefficient (Wildman–Crippen LogP) is 5.06. The molecule has 1 saturated heterocycles. The van der Waals surface area contributed by atoms with Crippen LogP contribution in [0.2, 0.25) is 0 Å². The number of hydrogen-bond donors (Lipinski definition) is 2.